The van der Waals surface area contributed by atoms with Gasteiger partial charge in [0, 0.05) is 31.7 Å². The monoisotopic (exact) mass is 455 g/mol. The van der Waals surface area contributed by atoms with E-state index in [1.54, 1.807) is 0 Å². The third-order valence-electron chi connectivity index (χ3n) is 4.27. The number of hydrogen-bond acceptors (Lipinski definition) is 4. The number of nitrogens with zero attached hydrogens (tertiary/aromatic N) is 3. The number of guanidine groups is 1. The van der Waals surface area contributed by atoms with E-state index in [0.717, 1.165) is 43.9 Å². The second kappa shape index (κ2) is 9.76. The van der Waals surface area contributed by atoms with Crippen molar-refractivity contribution in [3.05, 3.63) is 53.4 Å². The summed E-state index contributed by atoms with van der Waals surface area (Å²) in [5.74, 6) is 1.21. The van der Waals surface area contributed by atoms with Gasteiger partial charge in [0.25, 0.3) is 0 Å². The van der Waals surface area contributed by atoms with Crippen molar-refractivity contribution in [2.45, 2.75) is 38.9 Å². The first-order valence-electron chi connectivity index (χ1n) is 8.44. The first-order chi connectivity index (χ1) is 11.7. The molecule has 136 valence electrons. The average Bonchev–Trinajstić information content (AvgIpc) is 3.01. The van der Waals surface area contributed by atoms with Gasteiger partial charge in [-0.2, -0.15) is 0 Å². The van der Waals surface area contributed by atoms with Crippen LogP contribution < -0.4 is 11.1 Å². The molecule has 1 aromatic carbocycles. The Morgan fingerprint density at radius 2 is 2.04 bits per heavy atom. The van der Waals surface area contributed by atoms with Crippen LogP contribution in [0.4, 0.5) is 0 Å². The number of aromatic nitrogens is 1. The van der Waals surface area contributed by atoms with Crippen LogP contribution in [-0.4, -0.2) is 35.1 Å². The highest BCUT2D eigenvalue weighted by molar-refractivity contribution is 14.0. The summed E-state index contributed by atoms with van der Waals surface area (Å²) in [4.78, 5) is 6.81. The van der Waals surface area contributed by atoms with Gasteiger partial charge in [-0.1, -0.05) is 35.5 Å². The highest BCUT2D eigenvalue weighted by Gasteiger charge is 2.19. The highest BCUT2D eigenvalue weighted by Crippen LogP contribution is 2.13. The molecule has 1 aromatic heterocycles. The van der Waals surface area contributed by atoms with Gasteiger partial charge in [-0.3, -0.25) is 4.90 Å². The summed E-state index contributed by atoms with van der Waals surface area (Å²) in [6.45, 7) is 5.47. The van der Waals surface area contributed by atoms with Crippen LogP contribution in [0.25, 0.3) is 0 Å². The SMILES string of the molecule is Cc1cc(CN=C(N)NC2CCN(Cc3ccccc3)CC2)on1.I. The Bertz CT molecular complexity index is 665. The summed E-state index contributed by atoms with van der Waals surface area (Å²) in [6, 6.07) is 12.9. The standard InChI is InChI=1S/C18H25N5O.HI/c1-14-11-17(24-22-14)12-20-18(19)21-16-7-9-23(10-8-16)13-15-5-3-2-4-6-15;/h2-6,11,16H,7-10,12-13H2,1H3,(H3,19,20,21);1H. The van der Waals surface area contributed by atoms with E-state index < -0.39 is 0 Å². The van der Waals surface area contributed by atoms with E-state index in [0.29, 0.717) is 18.5 Å². The fraction of sp³-hybridized carbons (Fsp3) is 0.444. The van der Waals surface area contributed by atoms with E-state index in [2.05, 4.69) is 50.7 Å². The number of halogens is 1. The van der Waals surface area contributed by atoms with Gasteiger partial charge < -0.3 is 15.6 Å². The molecule has 2 aromatic rings. The Balaban J connectivity index is 0.00000225. The second-order valence-corrected chi connectivity index (χ2v) is 6.32. The summed E-state index contributed by atoms with van der Waals surface area (Å²) in [6.07, 6.45) is 2.15. The van der Waals surface area contributed by atoms with Crippen LogP contribution in [0.5, 0.6) is 0 Å². The lowest BCUT2D eigenvalue weighted by Crippen LogP contribution is -2.46. The van der Waals surface area contributed by atoms with Crippen molar-refractivity contribution in [2.75, 3.05) is 13.1 Å². The van der Waals surface area contributed by atoms with Gasteiger partial charge >= 0.3 is 0 Å². The number of nitrogens with one attached hydrogen (secondary N) is 1. The van der Waals surface area contributed by atoms with Gasteiger partial charge in [-0.25, -0.2) is 4.99 Å². The molecule has 3 rings (SSSR count). The number of nitrogens with two attached hydrogens (primary N) is 1. The summed E-state index contributed by atoms with van der Waals surface area (Å²) >= 11 is 0. The molecule has 0 bridgehead atoms. The minimum atomic E-state index is 0. The van der Waals surface area contributed by atoms with Gasteiger partial charge in [0.15, 0.2) is 11.7 Å². The lowest BCUT2D eigenvalue weighted by Gasteiger charge is -2.32. The Labute approximate surface area is 165 Å². The zero-order valence-electron chi connectivity index (χ0n) is 14.5. The minimum absolute atomic E-state index is 0. The molecular weight excluding hydrogens is 429 g/mol. The highest BCUT2D eigenvalue weighted by atomic mass is 127. The van der Waals surface area contributed by atoms with Crippen LogP contribution in [-0.2, 0) is 13.1 Å². The zero-order valence-corrected chi connectivity index (χ0v) is 16.8. The smallest absolute Gasteiger partial charge is 0.189 e. The number of piperidine rings is 1. The molecule has 6 nitrogen and oxygen atoms in total. The second-order valence-electron chi connectivity index (χ2n) is 6.32. The molecule has 1 aliphatic heterocycles. The summed E-state index contributed by atoms with van der Waals surface area (Å²) in [5.41, 5.74) is 8.21. The minimum Gasteiger partial charge on any atom is -0.370 e. The van der Waals surface area contributed by atoms with E-state index in [4.69, 9.17) is 10.3 Å². The van der Waals surface area contributed by atoms with Crippen molar-refractivity contribution in [3.8, 4) is 0 Å². The van der Waals surface area contributed by atoms with Gasteiger partial charge in [0.1, 0.15) is 6.54 Å². The number of rotatable bonds is 5. The molecule has 1 aliphatic rings. The third kappa shape index (κ3) is 6.32. The predicted molar refractivity (Wildman–Crippen MR) is 110 cm³/mol. The Kier molecular flexibility index (Phi) is 7.70. The molecule has 0 aliphatic carbocycles. The lowest BCUT2D eigenvalue weighted by atomic mass is 10.0. The number of benzene rings is 1. The van der Waals surface area contributed by atoms with E-state index in [1.165, 1.54) is 5.56 Å². The van der Waals surface area contributed by atoms with Crippen molar-refractivity contribution < 1.29 is 4.52 Å². The topological polar surface area (TPSA) is 79.7 Å². The molecule has 1 fully saturated rings. The van der Waals surface area contributed by atoms with E-state index in [-0.39, 0.29) is 24.0 Å². The van der Waals surface area contributed by atoms with Gasteiger partial charge in [0.2, 0.25) is 0 Å². The first kappa shape index (κ1) is 19.7. The fourth-order valence-electron chi connectivity index (χ4n) is 2.99. The summed E-state index contributed by atoms with van der Waals surface area (Å²) in [5, 5.41) is 7.16. The molecule has 1 saturated heterocycles. The average molecular weight is 455 g/mol. The van der Waals surface area contributed by atoms with E-state index in [9.17, 15) is 0 Å². The maximum absolute atomic E-state index is 5.98. The predicted octanol–water partition coefficient (Wildman–Crippen LogP) is 2.67. The zero-order chi connectivity index (χ0) is 16.8. The molecule has 0 radical (unpaired) electrons. The normalized spacial score (nSPS) is 16.4. The molecular formula is C18H26IN5O. The van der Waals surface area contributed by atoms with Gasteiger partial charge in [-0.05, 0) is 25.3 Å². The molecule has 0 saturated carbocycles. The van der Waals surface area contributed by atoms with Crippen molar-refractivity contribution in [2.24, 2.45) is 10.7 Å². The lowest BCUT2D eigenvalue weighted by molar-refractivity contribution is 0.199. The Morgan fingerprint density at radius 1 is 1.32 bits per heavy atom. The molecule has 2 heterocycles. The number of aryl methyl sites for hydroxylation is 1. The van der Waals surface area contributed by atoms with Crippen molar-refractivity contribution in [3.63, 3.8) is 0 Å². The van der Waals surface area contributed by atoms with E-state index in [1.807, 2.05) is 13.0 Å². The molecule has 0 spiro atoms. The third-order valence-corrected chi connectivity index (χ3v) is 4.27. The fourth-order valence-corrected chi connectivity index (χ4v) is 2.99. The van der Waals surface area contributed by atoms with Crippen LogP contribution in [0.1, 0.15) is 29.9 Å². The molecule has 25 heavy (non-hydrogen) atoms. The Morgan fingerprint density at radius 3 is 2.68 bits per heavy atom. The van der Waals surface area contributed by atoms with E-state index >= 15 is 0 Å². The summed E-state index contributed by atoms with van der Waals surface area (Å²) in [7, 11) is 0. The molecule has 7 heteroatoms. The quantitative estimate of drug-likeness (QED) is 0.412. The molecule has 3 N–H and O–H groups in total. The van der Waals surface area contributed by atoms with Gasteiger partial charge in [-0.15, -0.1) is 24.0 Å². The van der Waals surface area contributed by atoms with Crippen LogP contribution in [0, 0.1) is 6.92 Å². The molecule has 0 amide bonds. The maximum Gasteiger partial charge on any atom is 0.189 e. The van der Waals surface area contributed by atoms with Crippen LogP contribution in [0.2, 0.25) is 0 Å². The molecule has 0 atom stereocenters. The van der Waals surface area contributed by atoms with Crippen molar-refractivity contribution in [1.29, 1.82) is 0 Å². The largest absolute Gasteiger partial charge is 0.370 e. The number of likely N-dealkylation sites (tertiary alicyclic amines) is 1. The van der Waals surface area contributed by atoms with Crippen molar-refractivity contribution in [1.82, 2.24) is 15.4 Å². The first-order valence-corrected chi connectivity index (χ1v) is 8.44. The number of aliphatic imine (C=N–C) groups is 1. The summed E-state index contributed by atoms with van der Waals surface area (Å²) < 4.78 is 5.13. The maximum atomic E-state index is 5.98. The van der Waals surface area contributed by atoms with Crippen LogP contribution >= 0.6 is 24.0 Å². The van der Waals surface area contributed by atoms with Crippen LogP contribution in [0.15, 0.2) is 45.9 Å². The van der Waals surface area contributed by atoms with Gasteiger partial charge in [0.05, 0.1) is 5.69 Å². The van der Waals surface area contributed by atoms with Crippen molar-refractivity contribution >= 4 is 29.9 Å². The van der Waals surface area contributed by atoms with Crippen LogP contribution in [0.3, 0.4) is 0 Å². The number of hydrogen-bond donors (Lipinski definition) is 2. The Hall–Kier alpha value is -1.61. The molecule has 0 unspecified atom stereocenters.